The summed E-state index contributed by atoms with van der Waals surface area (Å²) in [5.41, 5.74) is 0. The zero-order valence-electron chi connectivity index (χ0n) is 7.60. The van der Waals surface area contributed by atoms with Crippen LogP contribution >= 0.6 is 0 Å². The van der Waals surface area contributed by atoms with Crippen LogP contribution in [0, 0.1) is 11.8 Å². The molecule has 0 saturated heterocycles. The van der Waals surface area contributed by atoms with E-state index in [9.17, 15) is 4.79 Å². The summed E-state index contributed by atoms with van der Waals surface area (Å²) in [7, 11) is 0. The predicted octanol–water partition coefficient (Wildman–Crippen LogP) is 1.10. The first kappa shape index (κ1) is 8.29. The summed E-state index contributed by atoms with van der Waals surface area (Å²) in [6, 6.07) is -0.0865. The van der Waals surface area contributed by atoms with Gasteiger partial charge in [0.25, 0.3) is 0 Å². The summed E-state index contributed by atoms with van der Waals surface area (Å²) < 4.78 is 1.45. The third-order valence-corrected chi connectivity index (χ3v) is 2.53. The molecule has 4 heteroatoms. The molecule has 1 aromatic heterocycles. The molecule has 0 bridgehead atoms. The van der Waals surface area contributed by atoms with Crippen molar-refractivity contribution < 1.29 is 4.79 Å². The van der Waals surface area contributed by atoms with Crippen LogP contribution in [-0.2, 0) is 0 Å². The second-order valence-corrected chi connectivity index (χ2v) is 3.63. The topological polar surface area (TPSA) is 46.9 Å². The van der Waals surface area contributed by atoms with E-state index in [1.54, 1.807) is 12.4 Å². The lowest BCUT2D eigenvalue weighted by atomic mass is 10.3. The summed E-state index contributed by atoms with van der Waals surface area (Å²) in [6.07, 6.45) is 5.99. The molecule has 4 nitrogen and oxygen atoms in total. The summed E-state index contributed by atoms with van der Waals surface area (Å²) in [5, 5.41) is 2.86. The maximum Gasteiger partial charge on any atom is 0.326 e. The van der Waals surface area contributed by atoms with Gasteiger partial charge in [-0.2, -0.15) is 0 Å². The highest BCUT2D eigenvalue weighted by Crippen LogP contribution is 2.36. The van der Waals surface area contributed by atoms with Crippen LogP contribution in [-0.4, -0.2) is 22.1 Å². The van der Waals surface area contributed by atoms with E-state index in [4.69, 9.17) is 0 Å². The van der Waals surface area contributed by atoms with Gasteiger partial charge < -0.3 is 5.32 Å². The minimum absolute atomic E-state index is 0.0865. The summed E-state index contributed by atoms with van der Waals surface area (Å²) >= 11 is 0. The Balaban J connectivity index is 1.79. The highest BCUT2D eigenvalue weighted by Gasteiger charge is 2.32. The first-order chi connectivity index (χ1) is 6.27. The number of nitrogens with zero attached hydrogens (tertiary/aromatic N) is 2. The van der Waals surface area contributed by atoms with Crippen LogP contribution in [0.15, 0.2) is 18.7 Å². The molecule has 0 aliphatic heterocycles. The van der Waals surface area contributed by atoms with Crippen LogP contribution in [0.5, 0.6) is 0 Å². The SMILES string of the molecule is CC1CC1CNC(=O)n1ccnc1. The monoisotopic (exact) mass is 179 g/mol. The summed E-state index contributed by atoms with van der Waals surface area (Å²) in [6.45, 7) is 2.99. The molecule has 2 atom stereocenters. The smallest absolute Gasteiger partial charge is 0.326 e. The lowest BCUT2D eigenvalue weighted by Crippen LogP contribution is -2.29. The van der Waals surface area contributed by atoms with Gasteiger partial charge >= 0.3 is 6.03 Å². The Morgan fingerprint density at radius 3 is 3.08 bits per heavy atom. The fourth-order valence-electron chi connectivity index (χ4n) is 1.37. The van der Waals surface area contributed by atoms with Gasteiger partial charge in [0.15, 0.2) is 0 Å². The number of hydrogen-bond donors (Lipinski definition) is 1. The molecule has 1 aliphatic carbocycles. The molecule has 1 saturated carbocycles. The van der Waals surface area contributed by atoms with E-state index in [-0.39, 0.29) is 6.03 Å². The number of hydrogen-bond acceptors (Lipinski definition) is 2. The Kier molecular flexibility index (Phi) is 2.04. The van der Waals surface area contributed by atoms with Crippen LogP contribution < -0.4 is 5.32 Å². The average Bonchev–Trinajstić information content (AvgIpc) is 2.67. The molecule has 1 N–H and O–H groups in total. The predicted molar refractivity (Wildman–Crippen MR) is 48.3 cm³/mol. The largest absolute Gasteiger partial charge is 0.337 e. The number of carbonyl (C=O) groups is 1. The fourth-order valence-corrected chi connectivity index (χ4v) is 1.37. The van der Waals surface area contributed by atoms with E-state index in [0.717, 1.165) is 12.5 Å². The standard InChI is InChI=1S/C9H13N3O/c1-7-4-8(7)5-11-9(13)12-3-2-10-6-12/h2-3,6-8H,4-5H2,1H3,(H,11,13). The third kappa shape index (κ3) is 1.88. The van der Waals surface area contributed by atoms with Crippen LogP contribution in [0.25, 0.3) is 0 Å². The van der Waals surface area contributed by atoms with Crippen LogP contribution in [0.1, 0.15) is 13.3 Å². The highest BCUT2D eigenvalue weighted by atomic mass is 16.2. The van der Waals surface area contributed by atoms with Crippen molar-refractivity contribution in [2.24, 2.45) is 11.8 Å². The quantitative estimate of drug-likeness (QED) is 0.738. The third-order valence-electron chi connectivity index (χ3n) is 2.53. The van der Waals surface area contributed by atoms with Gasteiger partial charge in [-0.15, -0.1) is 0 Å². The van der Waals surface area contributed by atoms with Crippen LogP contribution in [0.3, 0.4) is 0 Å². The Labute approximate surface area is 77.0 Å². The molecule has 1 aliphatic rings. The van der Waals surface area contributed by atoms with Gasteiger partial charge in [-0.05, 0) is 18.3 Å². The van der Waals surface area contributed by atoms with E-state index in [0.29, 0.717) is 5.92 Å². The summed E-state index contributed by atoms with van der Waals surface area (Å²) in [4.78, 5) is 15.2. The molecule has 1 fully saturated rings. The molecule has 13 heavy (non-hydrogen) atoms. The van der Waals surface area contributed by atoms with Crippen molar-refractivity contribution in [1.29, 1.82) is 0 Å². The lowest BCUT2D eigenvalue weighted by Gasteiger charge is -2.03. The van der Waals surface area contributed by atoms with Crippen molar-refractivity contribution >= 4 is 6.03 Å². The first-order valence-electron chi connectivity index (χ1n) is 4.53. The van der Waals surface area contributed by atoms with Crippen LogP contribution in [0.2, 0.25) is 0 Å². The minimum atomic E-state index is -0.0865. The Hall–Kier alpha value is -1.32. The highest BCUT2D eigenvalue weighted by molar-refractivity contribution is 5.76. The second-order valence-electron chi connectivity index (χ2n) is 3.63. The number of nitrogens with one attached hydrogen (secondary N) is 1. The fraction of sp³-hybridized carbons (Fsp3) is 0.556. The van der Waals surface area contributed by atoms with Gasteiger partial charge in [0.05, 0.1) is 0 Å². The Bertz CT molecular complexity index is 294. The molecular weight excluding hydrogens is 166 g/mol. The van der Waals surface area contributed by atoms with Crippen molar-refractivity contribution in [3.05, 3.63) is 18.7 Å². The van der Waals surface area contributed by atoms with E-state index in [2.05, 4.69) is 17.2 Å². The molecule has 1 heterocycles. The minimum Gasteiger partial charge on any atom is -0.337 e. The zero-order valence-corrected chi connectivity index (χ0v) is 7.60. The van der Waals surface area contributed by atoms with Gasteiger partial charge in [-0.1, -0.05) is 6.92 Å². The van der Waals surface area contributed by atoms with E-state index < -0.39 is 0 Å². The Morgan fingerprint density at radius 1 is 1.77 bits per heavy atom. The molecule has 1 aromatic rings. The van der Waals surface area contributed by atoms with Crippen molar-refractivity contribution in [3.63, 3.8) is 0 Å². The van der Waals surface area contributed by atoms with Crippen molar-refractivity contribution in [2.45, 2.75) is 13.3 Å². The molecular formula is C9H13N3O. The van der Waals surface area contributed by atoms with Crippen molar-refractivity contribution in [2.75, 3.05) is 6.54 Å². The van der Waals surface area contributed by atoms with Gasteiger partial charge in [0.1, 0.15) is 6.33 Å². The molecule has 2 unspecified atom stereocenters. The van der Waals surface area contributed by atoms with Gasteiger partial charge in [0.2, 0.25) is 0 Å². The van der Waals surface area contributed by atoms with E-state index in [1.807, 2.05) is 0 Å². The number of amides is 1. The van der Waals surface area contributed by atoms with Crippen molar-refractivity contribution in [1.82, 2.24) is 14.9 Å². The number of aromatic nitrogens is 2. The van der Waals surface area contributed by atoms with Crippen LogP contribution in [0.4, 0.5) is 4.79 Å². The number of carbonyl (C=O) groups excluding carboxylic acids is 1. The molecule has 0 spiro atoms. The van der Waals surface area contributed by atoms with E-state index >= 15 is 0 Å². The lowest BCUT2D eigenvalue weighted by molar-refractivity contribution is 0.242. The average molecular weight is 179 g/mol. The van der Waals surface area contributed by atoms with E-state index in [1.165, 1.54) is 17.3 Å². The summed E-state index contributed by atoms with van der Waals surface area (Å²) in [5.74, 6) is 1.47. The molecule has 70 valence electrons. The van der Waals surface area contributed by atoms with Crippen molar-refractivity contribution in [3.8, 4) is 0 Å². The normalized spacial score (nSPS) is 25.6. The number of imidazole rings is 1. The molecule has 2 rings (SSSR count). The number of rotatable bonds is 2. The maximum atomic E-state index is 11.4. The van der Waals surface area contributed by atoms with Gasteiger partial charge in [0, 0.05) is 18.9 Å². The Morgan fingerprint density at radius 2 is 2.54 bits per heavy atom. The second kappa shape index (κ2) is 3.20. The molecule has 0 radical (unpaired) electrons. The first-order valence-corrected chi connectivity index (χ1v) is 4.53. The zero-order chi connectivity index (χ0) is 9.26. The van der Waals surface area contributed by atoms with Gasteiger partial charge in [-0.3, -0.25) is 4.57 Å². The molecule has 1 amide bonds. The van der Waals surface area contributed by atoms with Gasteiger partial charge in [-0.25, -0.2) is 9.78 Å². The molecule has 0 aromatic carbocycles. The maximum absolute atomic E-state index is 11.4.